The molecular formula is C2H5NO6P2-4. The van der Waals surface area contributed by atoms with E-state index in [-0.39, 0.29) is 0 Å². The molecule has 7 nitrogen and oxygen atoms in total. The predicted molar refractivity (Wildman–Crippen MR) is 28.1 cm³/mol. The van der Waals surface area contributed by atoms with Crippen molar-refractivity contribution in [3.63, 3.8) is 0 Å². The first kappa shape index (κ1) is 11.3. The van der Waals surface area contributed by atoms with Crippen molar-refractivity contribution in [2.45, 2.75) is 5.40 Å². The van der Waals surface area contributed by atoms with E-state index < -0.39 is 27.1 Å². The average molecular weight is 201 g/mol. The van der Waals surface area contributed by atoms with E-state index in [0.717, 1.165) is 0 Å². The molecule has 0 amide bonds. The van der Waals surface area contributed by atoms with Gasteiger partial charge in [-0.1, -0.05) is 15.2 Å². The van der Waals surface area contributed by atoms with Crippen LogP contribution in [-0.4, -0.2) is 11.9 Å². The van der Waals surface area contributed by atoms with Gasteiger partial charge in [-0.05, 0) is 0 Å². The van der Waals surface area contributed by atoms with Crippen LogP contribution in [0.5, 0.6) is 0 Å². The lowest BCUT2D eigenvalue weighted by molar-refractivity contribution is -0.329. The largest absolute Gasteiger partial charge is 0.810 e. The Bertz CT molecular complexity index is 193. The smallest absolute Gasteiger partial charge is 0.0266 e. The van der Waals surface area contributed by atoms with Crippen molar-refractivity contribution in [1.82, 2.24) is 0 Å². The third kappa shape index (κ3) is 3.44. The molecular weight excluding hydrogens is 196 g/mol. The lowest BCUT2D eigenvalue weighted by Gasteiger charge is -2.48. The molecule has 0 heterocycles. The van der Waals surface area contributed by atoms with Gasteiger partial charge in [-0.3, -0.25) is 0 Å². The Morgan fingerprint density at radius 3 is 1.36 bits per heavy atom. The molecule has 0 aliphatic rings. The molecule has 0 fully saturated rings. The van der Waals surface area contributed by atoms with Crippen LogP contribution in [0.4, 0.5) is 0 Å². The maximum Gasteiger partial charge on any atom is 0.0266 e. The summed E-state index contributed by atoms with van der Waals surface area (Å²) < 4.78 is 20.1. The molecule has 0 aliphatic carbocycles. The Labute approximate surface area is 62.5 Å². The van der Waals surface area contributed by atoms with E-state index in [1.807, 2.05) is 0 Å². The Hall–Kier alpha value is 0.260. The van der Waals surface area contributed by atoms with Crippen LogP contribution >= 0.6 is 15.2 Å². The Morgan fingerprint density at radius 1 is 1.09 bits per heavy atom. The van der Waals surface area contributed by atoms with Gasteiger partial charge < -0.3 is 34.4 Å². The fraction of sp³-hybridized carbons (Fsp3) is 1.00. The summed E-state index contributed by atoms with van der Waals surface area (Å²) in [6, 6.07) is 0. The zero-order valence-corrected chi connectivity index (χ0v) is 6.99. The highest BCUT2D eigenvalue weighted by Gasteiger charge is 2.14. The number of hydrogen-bond donors (Lipinski definition) is 1. The maximum absolute atomic E-state index is 10.0. The fourth-order valence-electron chi connectivity index (χ4n) is 0.431. The number of rotatable bonds is 3. The van der Waals surface area contributed by atoms with E-state index in [1.54, 1.807) is 0 Å². The van der Waals surface area contributed by atoms with E-state index in [9.17, 15) is 28.7 Å². The molecule has 0 atom stereocenters. The topological polar surface area (TPSA) is 152 Å². The van der Waals surface area contributed by atoms with Crippen LogP contribution in [0.1, 0.15) is 0 Å². The third-order valence-corrected chi connectivity index (χ3v) is 4.52. The first-order valence-corrected chi connectivity index (χ1v) is 5.65. The second-order valence-electron chi connectivity index (χ2n) is 1.80. The highest BCUT2D eigenvalue weighted by molar-refractivity contribution is 7.68. The summed E-state index contributed by atoms with van der Waals surface area (Å²) in [4.78, 5) is 40.1. The van der Waals surface area contributed by atoms with Crippen LogP contribution in [0.3, 0.4) is 0 Å². The van der Waals surface area contributed by atoms with Crippen molar-refractivity contribution < 1.29 is 28.7 Å². The second-order valence-corrected chi connectivity index (χ2v) is 5.61. The molecule has 0 bridgehead atoms. The van der Waals surface area contributed by atoms with Gasteiger partial charge in [0.15, 0.2) is 0 Å². The van der Waals surface area contributed by atoms with Gasteiger partial charge in [-0.25, -0.2) is 0 Å². The number of nitrogens with two attached hydrogens (primary N) is 1. The summed E-state index contributed by atoms with van der Waals surface area (Å²) in [5.74, 6) is 0. The Balaban J connectivity index is 4.72. The molecule has 0 spiro atoms. The standard InChI is InChI=1S/C2H9NO6P2/c3-1-2(10(4,5)6)11(7,8)9/h2H,1,3H2,(H2,4,5,6)(H2,7,8,9)/p-4. The SMILES string of the molecule is NCC(P(=O)([O-])[O-])P(=O)([O-])[O-]. The van der Waals surface area contributed by atoms with Gasteiger partial charge in [0.05, 0.1) is 0 Å². The van der Waals surface area contributed by atoms with Crippen molar-refractivity contribution >= 4 is 15.2 Å². The normalized spacial score (nSPS) is 14.0. The first-order valence-electron chi connectivity index (χ1n) is 2.43. The zero-order valence-electron chi connectivity index (χ0n) is 5.21. The summed E-state index contributed by atoms with van der Waals surface area (Å²) in [5, 5.41) is -2.52. The monoisotopic (exact) mass is 201 g/mol. The molecule has 0 aromatic heterocycles. The molecule has 0 rings (SSSR count). The third-order valence-electron chi connectivity index (χ3n) is 0.941. The molecule has 9 heteroatoms. The minimum atomic E-state index is -5.41. The van der Waals surface area contributed by atoms with Crippen molar-refractivity contribution in [3.05, 3.63) is 0 Å². The van der Waals surface area contributed by atoms with Crippen LogP contribution in [0, 0.1) is 0 Å². The summed E-state index contributed by atoms with van der Waals surface area (Å²) in [5.41, 5.74) is 4.60. The van der Waals surface area contributed by atoms with Crippen LogP contribution < -0.4 is 25.3 Å². The highest BCUT2D eigenvalue weighted by Crippen LogP contribution is 2.48. The molecule has 0 aromatic rings. The van der Waals surface area contributed by atoms with Crippen molar-refractivity contribution in [2.24, 2.45) is 5.73 Å². The van der Waals surface area contributed by atoms with Gasteiger partial charge in [-0.2, -0.15) is 0 Å². The summed E-state index contributed by atoms with van der Waals surface area (Å²) in [7, 11) is -10.8. The minimum Gasteiger partial charge on any atom is -0.810 e. The molecule has 0 unspecified atom stereocenters. The van der Waals surface area contributed by atoms with Gasteiger partial charge in [0.25, 0.3) is 0 Å². The predicted octanol–water partition coefficient (Wildman–Crippen LogP) is -3.90. The number of hydrogen-bond acceptors (Lipinski definition) is 7. The minimum absolute atomic E-state index is 0.992. The lowest BCUT2D eigenvalue weighted by Crippen LogP contribution is -2.38. The molecule has 0 radical (unpaired) electrons. The Morgan fingerprint density at radius 2 is 1.36 bits per heavy atom. The summed E-state index contributed by atoms with van der Waals surface area (Å²) in [6.45, 7) is -0.992. The Kier molecular flexibility index (Phi) is 3.41. The molecule has 11 heavy (non-hydrogen) atoms. The molecule has 0 aromatic carbocycles. The van der Waals surface area contributed by atoms with Gasteiger partial charge in [0.1, 0.15) is 0 Å². The van der Waals surface area contributed by atoms with E-state index in [2.05, 4.69) is 5.73 Å². The van der Waals surface area contributed by atoms with Gasteiger partial charge in [-0.15, -0.1) is 0 Å². The van der Waals surface area contributed by atoms with Crippen LogP contribution in [-0.2, 0) is 9.13 Å². The molecule has 68 valence electrons. The first-order chi connectivity index (χ1) is 4.69. The van der Waals surface area contributed by atoms with Crippen LogP contribution in [0.25, 0.3) is 0 Å². The van der Waals surface area contributed by atoms with E-state index in [0.29, 0.717) is 0 Å². The van der Waals surface area contributed by atoms with Gasteiger partial charge >= 0.3 is 0 Å². The highest BCUT2D eigenvalue weighted by atomic mass is 31.2. The molecule has 0 aliphatic heterocycles. The van der Waals surface area contributed by atoms with Crippen LogP contribution in [0.15, 0.2) is 0 Å². The maximum atomic E-state index is 10.0. The fourth-order valence-corrected chi connectivity index (χ4v) is 2.33. The van der Waals surface area contributed by atoms with Crippen molar-refractivity contribution in [1.29, 1.82) is 0 Å². The van der Waals surface area contributed by atoms with Crippen molar-refractivity contribution in [3.8, 4) is 0 Å². The van der Waals surface area contributed by atoms with Gasteiger partial charge in [0.2, 0.25) is 0 Å². The molecule has 2 N–H and O–H groups in total. The lowest BCUT2D eigenvalue weighted by atomic mass is 10.8. The average Bonchev–Trinajstić information content (AvgIpc) is 1.56. The van der Waals surface area contributed by atoms with Crippen molar-refractivity contribution in [2.75, 3.05) is 6.54 Å². The second kappa shape index (κ2) is 3.33. The van der Waals surface area contributed by atoms with Gasteiger partial charge in [0, 0.05) is 11.9 Å². The summed E-state index contributed by atoms with van der Waals surface area (Å²) >= 11 is 0. The van der Waals surface area contributed by atoms with E-state index in [1.165, 1.54) is 0 Å². The van der Waals surface area contributed by atoms with E-state index in [4.69, 9.17) is 0 Å². The quantitative estimate of drug-likeness (QED) is 0.457. The zero-order chi connectivity index (χ0) is 9.28. The van der Waals surface area contributed by atoms with Crippen LogP contribution in [0.2, 0.25) is 0 Å². The van der Waals surface area contributed by atoms with E-state index >= 15 is 0 Å². The molecule has 0 saturated carbocycles. The summed E-state index contributed by atoms with van der Waals surface area (Å²) in [6.07, 6.45) is 0. The molecule has 0 saturated heterocycles.